The number of hydrogen-bond donors (Lipinski definition) is 0. The van der Waals surface area contributed by atoms with Crippen molar-refractivity contribution in [2.75, 3.05) is 0 Å². The molecule has 1 aliphatic carbocycles. The molecule has 0 aromatic heterocycles. The molecule has 4 heteroatoms. The molecule has 0 N–H and O–H groups in total. The Morgan fingerprint density at radius 3 is 1.57 bits per heavy atom. The fraction of sp³-hybridized carbons (Fsp3) is 0.600. The minimum atomic E-state index is -0.855. The van der Waals surface area contributed by atoms with Gasteiger partial charge in [0.2, 0.25) is 0 Å². The van der Waals surface area contributed by atoms with Crippen molar-refractivity contribution in [2.45, 2.75) is 34.6 Å². The van der Waals surface area contributed by atoms with Crippen molar-refractivity contribution in [1.29, 1.82) is 0 Å². The van der Waals surface area contributed by atoms with E-state index in [0.29, 0.717) is 0 Å². The van der Waals surface area contributed by atoms with E-state index >= 15 is 0 Å². The Morgan fingerprint density at radius 1 is 1.00 bits per heavy atom. The van der Waals surface area contributed by atoms with Crippen molar-refractivity contribution in [3.8, 4) is 0 Å². The third kappa shape index (κ3) is 2.33. The maximum Gasteiger partial charge on any atom is -0.147 e. The summed E-state index contributed by atoms with van der Waals surface area (Å²) < 4.78 is 12.2. The second-order valence-electron chi connectivity index (χ2n) is 3.94. The van der Waals surface area contributed by atoms with Crippen LogP contribution in [0.3, 0.4) is 0 Å². The zero-order chi connectivity index (χ0) is 9.52. The maximum absolute atomic E-state index is 11.1. The van der Waals surface area contributed by atoms with Crippen molar-refractivity contribution in [2.24, 2.45) is 5.41 Å². The molecule has 0 heterocycles. The topological polar surface area (TPSA) is 17.1 Å². The van der Waals surface area contributed by atoms with Crippen LogP contribution in [-0.2, 0) is 19.9 Å². The van der Waals surface area contributed by atoms with Gasteiger partial charge in [0.25, 0.3) is 0 Å². The summed E-state index contributed by atoms with van der Waals surface area (Å²) >= 11 is -0.855. The third-order valence-corrected chi connectivity index (χ3v) is 4.78. The monoisotopic (exact) mass is 274 g/mol. The Kier molecular flexibility index (Phi) is 6.63. The van der Waals surface area contributed by atoms with Gasteiger partial charge in [0.1, 0.15) is 0 Å². The Labute approximate surface area is 106 Å². The third-order valence-electron chi connectivity index (χ3n) is 3.10. The fourth-order valence-electron chi connectivity index (χ4n) is 1.76. The van der Waals surface area contributed by atoms with Crippen LogP contribution in [0.4, 0.5) is 0 Å². The summed E-state index contributed by atoms with van der Waals surface area (Å²) in [5, 5.41) is 0. The van der Waals surface area contributed by atoms with Gasteiger partial charge in [0.15, 0.2) is 0 Å². The van der Waals surface area contributed by atoms with E-state index in [-0.39, 0.29) is 30.2 Å². The molecule has 0 saturated heterocycles. The molecule has 1 nitrogen and oxygen atoms in total. The van der Waals surface area contributed by atoms with Crippen LogP contribution in [-0.4, -0.2) is 0 Å². The first-order valence-corrected chi connectivity index (χ1v) is 5.42. The average Bonchev–Trinajstić information content (AvgIpc) is 2.13. The summed E-state index contributed by atoms with van der Waals surface area (Å²) in [5.74, 6) is 0. The molecular formula is C10H17Cl2OV. The molecule has 0 radical (unpaired) electrons. The molecule has 0 fully saturated rings. The molecule has 0 aliphatic heterocycles. The second kappa shape index (κ2) is 5.51. The van der Waals surface area contributed by atoms with E-state index < -0.39 is 16.2 Å². The van der Waals surface area contributed by atoms with Crippen molar-refractivity contribution >= 4 is 24.8 Å². The van der Waals surface area contributed by atoms with Gasteiger partial charge in [0.05, 0.1) is 0 Å². The van der Waals surface area contributed by atoms with E-state index in [1.165, 1.54) is 16.7 Å². The van der Waals surface area contributed by atoms with Crippen molar-refractivity contribution in [3.05, 3.63) is 21.0 Å². The van der Waals surface area contributed by atoms with Gasteiger partial charge in [-0.25, -0.2) is 0 Å². The number of halogens is 2. The van der Waals surface area contributed by atoms with Crippen LogP contribution in [0.15, 0.2) is 21.0 Å². The molecule has 1 rings (SSSR count). The van der Waals surface area contributed by atoms with Gasteiger partial charge in [-0.15, -0.1) is 24.8 Å². The minimum Gasteiger partial charge on any atom is -0.147 e. The van der Waals surface area contributed by atoms with Crippen LogP contribution in [0.1, 0.15) is 34.6 Å². The van der Waals surface area contributed by atoms with Gasteiger partial charge in [-0.3, -0.25) is 0 Å². The molecule has 0 saturated carbocycles. The SMILES string of the molecule is CC1=C(C)C(C)(C)[C]([V]=[O])=C1C.Cl.Cl. The summed E-state index contributed by atoms with van der Waals surface area (Å²) in [6.07, 6.45) is 0. The molecule has 0 aromatic carbocycles. The molecule has 1 aliphatic rings. The standard InChI is InChI=1S/C10H15.2ClH.O.V/c1-7-6-10(4,5)9(3)8(7)2;;;;/h1-5H3;2*1H;;. The smallest absolute Gasteiger partial charge is 0.147 e. The zero-order valence-electron chi connectivity index (χ0n) is 9.17. The molecule has 0 amide bonds. The minimum absolute atomic E-state index is 0. The molecule has 0 atom stereocenters. The largest absolute Gasteiger partial charge is 0.147 e. The summed E-state index contributed by atoms with van der Waals surface area (Å²) in [6.45, 7) is 10.7. The predicted octanol–water partition coefficient (Wildman–Crippen LogP) is 3.91. The van der Waals surface area contributed by atoms with Crippen molar-refractivity contribution in [1.82, 2.24) is 0 Å². The molecule has 0 aromatic rings. The number of hydrogen-bond acceptors (Lipinski definition) is 1. The van der Waals surface area contributed by atoms with E-state index in [9.17, 15) is 3.67 Å². The number of allylic oxidation sites excluding steroid dienone is 4. The van der Waals surface area contributed by atoms with Gasteiger partial charge in [-0.05, 0) is 0 Å². The van der Waals surface area contributed by atoms with Gasteiger partial charge >= 0.3 is 81.0 Å². The first kappa shape index (κ1) is 16.9. The molecular weight excluding hydrogens is 258 g/mol. The van der Waals surface area contributed by atoms with Crippen molar-refractivity contribution in [3.63, 3.8) is 0 Å². The van der Waals surface area contributed by atoms with Gasteiger partial charge in [0, 0.05) is 0 Å². The van der Waals surface area contributed by atoms with E-state index in [1.807, 2.05) is 0 Å². The summed E-state index contributed by atoms with van der Waals surface area (Å²) in [5.41, 5.74) is 4.02. The van der Waals surface area contributed by atoms with Crippen LogP contribution in [0.2, 0.25) is 0 Å². The van der Waals surface area contributed by atoms with Gasteiger partial charge < -0.3 is 0 Å². The van der Waals surface area contributed by atoms with Crippen LogP contribution in [0.25, 0.3) is 0 Å². The normalized spacial score (nSPS) is 18.9. The first-order chi connectivity index (χ1) is 5.42. The van der Waals surface area contributed by atoms with E-state index in [1.54, 1.807) is 0 Å². The van der Waals surface area contributed by atoms with Crippen molar-refractivity contribution < 1.29 is 19.9 Å². The molecule has 14 heavy (non-hydrogen) atoms. The summed E-state index contributed by atoms with van der Waals surface area (Å²) in [7, 11) is 0. The van der Waals surface area contributed by atoms with Gasteiger partial charge in [-0.2, -0.15) is 0 Å². The molecule has 0 unspecified atom stereocenters. The van der Waals surface area contributed by atoms with Gasteiger partial charge in [-0.1, -0.05) is 0 Å². The zero-order valence-corrected chi connectivity index (χ0v) is 12.2. The van der Waals surface area contributed by atoms with Crippen LogP contribution in [0, 0.1) is 5.41 Å². The summed E-state index contributed by atoms with van der Waals surface area (Å²) in [6, 6.07) is 0. The Balaban J connectivity index is 0. The Hall–Kier alpha value is 0.444. The predicted molar refractivity (Wildman–Crippen MR) is 60.0 cm³/mol. The van der Waals surface area contributed by atoms with Crippen LogP contribution >= 0.6 is 24.8 Å². The van der Waals surface area contributed by atoms with E-state index in [0.717, 1.165) is 4.28 Å². The molecule has 0 bridgehead atoms. The maximum atomic E-state index is 11.1. The van der Waals surface area contributed by atoms with Crippen LogP contribution in [0.5, 0.6) is 0 Å². The first-order valence-electron chi connectivity index (χ1n) is 4.16. The number of rotatable bonds is 1. The second-order valence-corrected chi connectivity index (χ2v) is 4.92. The molecule has 82 valence electrons. The van der Waals surface area contributed by atoms with Crippen LogP contribution < -0.4 is 0 Å². The fourth-order valence-corrected chi connectivity index (χ4v) is 2.85. The Bertz CT molecular complexity index is 303. The van der Waals surface area contributed by atoms with E-state index in [2.05, 4.69) is 34.6 Å². The molecule has 0 spiro atoms. The quantitative estimate of drug-likeness (QED) is 0.709. The van der Waals surface area contributed by atoms with E-state index in [4.69, 9.17) is 0 Å². The Morgan fingerprint density at radius 2 is 1.43 bits per heavy atom. The summed E-state index contributed by atoms with van der Waals surface area (Å²) in [4.78, 5) is 0. The average molecular weight is 275 g/mol.